The zero-order chi connectivity index (χ0) is 45.4. The van der Waals surface area contributed by atoms with Crippen LogP contribution < -0.4 is 16.4 Å². The molecule has 0 saturated carbocycles. The molecule has 0 aliphatic heterocycles. The van der Waals surface area contributed by atoms with E-state index in [1.165, 1.54) is 13.8 Å². The van der Waals surface area contributed by atoms with Crippen LogP contribution in [0.1, 0.15) is 61.8 Å². The van der Waals surface area contributed by atoms with Crippen molar-refractivity contribution in [3.05, 3.63) is 144 Å². The minimum absolute atomic E-state index is 0.00510. The van der Waals surface area contributed by atoms with Gasteiger partial charge in [0.05, 0.1) is 24.3 Å². The monoisotopic (exact) mass is 881 g/mol. The van der Waals surface area contributed by atoms with E-state index in [0.717, 1.165) is 34.0 Å². The maximum absolute atomic E-state index is 13.8. The molecule has 5 atom stereocenters. The average molecular weight is 882 g/mol. The number of rotatable bonds is 26. The van der Waals surface area contributed by atoms with Crippen molar-refractivity contribution in [2.24, 2.45) is 17.6 Å². The quantitative estimate of drug-likeness (QED) is 0.0535. The molecule has 4 aromatic rings. The van der Waals surface area contributed by atoms with Gasteiger partial charge in [-0.1, -0.05) is 121 Å². The van der Waals surface area contributed by atoms with Gasteiger partial charge in [0.2, 0.25) is 11.8 Å². The molecule has 0 saturated heterocycles. The van der Waals surface area contributed by atoms with Crippen LogP contribution >= 0.6 is 11.8 Å². The van der Waals surface area contributed by atoms with Crippen molar-refractivity contribution in [3.8, 4) is 0 Å². The molecule has 0 unspecified atom stereocenters. The fraction of sp³-hybridized carbons (Fsp3) is 0.354. The summed E-state index contributed by atoms with van der Waals surface area (Å²) in [6.45, 7) is 2.83. The van der Waals surface area contributed by atoms with E-state index in [1.54, 1.807) is 72.8 Å². The maximum atomic E-state index is 13.8. The number of nitrogens with one attached hydrogen (secondary N) is 2. The van der Waals surface area contributed by atoms with E-state index in [2.05, 4.69) is 10.6 Å². The van der Waals surface area contributed by atoms with Gasteiger partial charge in [0, 0.05) is 24.3 Å². The Bertz CT molecular complexity index is 2070. The molecule has 0 radical (unpaired) electrons. The van der Waals surface area contributed by atoms with Crippen molar-refractivity contribution >= 4 is 53.2 Å². The van der Waals surface area contributed by atoms with Crippen LogP contribution in [0.4, 0.5) is 0 Å². The summed E-state index contributed by atoms with van der Waals surface area (Å²) < 4.78 is 21.9. The number of esters is 4. The molecule has 4 rings (SSSR count). The fourth-order valence-corrected chi connectivity index (χ4v) is 7.17. The van der Waals surface area contributed by atoms with Crippen LogP contribution in [-0.2, 0) is 78.9 Å². The topological polar surface area (TPSA) is 206 Å². The zero-order valence-electron chi connectivity index (χ0n) is 35.5. The van der Waals surface area contributed by atoms with Crippen molar-refractivity contribution in [2.75, 3.05) is 11.5 Å². The van der Waals surface area contributed by atoms with E-state index >= 15 is 0 Å². The summed E-state index contributed by atoms with van der Waals surface area (Å²) in [5.41, 5.74) is 8.74. The largest absolute Gasteiger partial charge is 0.461 e. The molecule has 63 heavy (non-hydrogen) atoms. The summed E-state index contributed by atoms with van der Waals surface area (Å²) in [5.74, 6) is -6.37. The van der Waals surface area contributed by atoms with Gasteiger partial charge < -0.3 is 35.3 Å². The van der Waals surface area contributed by atoms with Gasteiger partial charge in [-0.3, -0.25) is 24.0 Å². The van der Waals surface area contributed by atoms with E-state index < -0.39 is 71.4 Å². The Morgan fingerprint density at radius 2 is 0.952 bits per heavy atom. The Morgan fingerprint density at radius 1 is 0.524 bits per heavy atom. The maximum Gasteiger partial charge on any atom is 0.328 e. The van der Waals surface area contributed by atoms with Crippen LogP contribution in [0, 0.1) is 11.8 Å². The number of hydrogen-bond donors (Lipinski definition) is 3. The smallest absolute Gasteiger partial charge is 0.328 e. The van der Waals surface area contributed by atoms with Crippen LogP contribution in [-0.4, -0.2) is 71.1 Å². The van der Waals surface area contributed by atoms with Crippen molar-refractivity contribution in [2.45, 2.75) is 84.1 Å². The minimum Gasteiger partial charge on any atom is -0.461 e. The Kier molecular flexibility index (Phi) is 21.1. The minimum atomic E-state index is -1.21. The third kappa shape index (κ3) is 18.7. The highest BCUT2D eigenvalue weighted by atomic mass is 32.2. The standard InChI is InChI=1S/C48H55N3O11S/c1-33(49)44(54)51-42(48(58)62-30-38-21-13-6-14-22-38)24-23-41(52)25-39(45(55)50-34(2)46(56)60-28-36-17-9-4-10-18-36)31-63-32-40(47(57)61-29-37-19-11-5-12-20-37)26-43(53)59-27-35-15-7-3-8-16-35/h3-22,33-34,39-40,42H,23-32,49H2,1-2H3,(H,50,55)(H,51,54)/t33-,34+,39+,40-,42+/m0/s1. The molecule has 0 bridgehead atoms. The number of Topliss-reactive ketones (excluding diaryl/α,β-unsaturated/α-hetero) is 1. The molecule has 4 aromatic carbocycles. The molecule has 334 valence electrons. The van der Waals surface area contributed by atoms with Crippen LogP contribution in [0.15, 0.2) is 121 Å². The van der Waals surface area contributed by atoms with Crippen molar-refractivity contribution < 1.29 is 52.5 Å². The van der Waals surface area contributed by atoms with Gasteiger partial charge in [-0.15, -0.1) is 0 Å². The second-order valence-corrected chi connectivity index (χ2v) is 16.0. The predicted molar refractivity (Wildman–Crippen MR) is 236 cm³/mol. The lowest BCUT2D eigenvalue weighted by Gasteiger charge is -2.21. The Morgan fingerprint density at radius 3 is 1.43 bits per heavy atom. The Hall–Kier alpha value is -6.32. The van der Waals surface area contributed by atoms with Gasteiger partial charge in [-0.25, -0.2) is 9.59 Å². The van der Waals surface area contributed by atoms with Crippen molar-refractivity contribution in [3.63, 3.8) is 0 Å². The molecular weight excluding hydrogens is 827 g/mol. The third-order valence-corrected chi connectivity index (χ3v) is 10.9. The predicted octanol–water partition coefficient (Wildman–Crippen LogP) is 5.39. The third-order valence-electron chi connectivity index (χ3n) is 9.58. The number of benzene rings is 4. The first-order valence-electron chi connectivity index (χ1n) is 20.6. The van der Waals surface area contributed by atoms with Crippen LogP contribution in [0.3, 0.4) is 0 Å². The first-order chi connectivity index (χ1) is 30.4. The van der Waals surface area contributed by atoms with E-state index in [0.29, 0.717) is 0 Å². The Balaban J connectivity index is 1.45. The van der Waals surface area contributed by atoms with Gasteiger partial charge in [-0.2, -0.15) is 11.8 Å². The summed E-state index contributed by atoms with van der Waals surface area (Å²) >= 11 is 1.15. The molecule has 4 N–H and O–H groups in total. The van der Waals surface area contributed by atoms with Gasteiger partial charge in [0.15, 0.2) is 0 Å². The second-order valence-electron chi connectivity index (χ2n) is 14.9. The number of hydrogen-bond acceptors (Lipinski definition) is 13. The molecule has 0 aliphatic carbocycles. The lowest BCUT2D eigenvalue weighted by molar-refractivity contribution is -0.155. The summed E-state index contributed by atoms with van der Waals surface area (Å²) in [6.07, 6.45) is -0.994. The highest BCUT2D eigenvalue weighted by Crippen LogP contribution is 2.22. The lowest BCUT2D eigenvalue weighted by Crippen LogP contribution is -2.48. The number of carbonyl (C=O) groups is 7. The highest BCUT2D eigenvalue weighted by molar-refractivity contribution is 7.99. The Labute approximate surface area is 372 Å². The summed E-state index contributed by atoms with van der Waals surface area (Å²) in [6, 6.07) is 32.8. The fourth-order valence-electron chi connectivity index (χ4n) is 5.94. The number of amides is 2. The molecule has 0 aromatic heterocycles. The molecule has 15 heteroatoms. The molecule has 2 amide bonds. The first-order valence-corrected chi connectivity index (χ1v) is 21.8. The van der Waals surface area contributed by atoms with Crippen LogP contribution in [0.25, 0.3) is 0 Å². The lowest BCUT2D eigenvalue weighted by atomic mass is 9.98. The van der Waals surface area contributed by atoms with Gasteiger partial charge >= 0.3 is 23.9 Å². The molecular formula is C48H55N3O11S. The highest BCUT2D eigenvalue weighted by Gasteiger charge is 2.30. The van der Waals surface area contributed by atoms with Gasteiger partial charge in [-0.05, 0) is 42.5 Å². The van der Waals surface area contributed by atoms with E-state index in [1.807, 2.05) is 48.5 Å². The molecule has 0 heterocycles. The van der Waals surface area contributed by atoms with Gasteiger partial charge in [0.25, 0.3) is 0 Å². The SMILES string of the molecule is C[C@H](N)C(=O)N[C@H](CCC(=O)C[C@H](CSC[C@H](CC(=O)OCc1ccccc1)C(=O)OCc1ccccc1)C(=O)N[C@H](C)C(=O)OCc1ccccc1)C(=O)OCc1ccccc1. The molecule has 0 spiro atoms. The molecule has 0 fully saturated rings. The average Bonchev–Trinajstić information content (AvgIpc) is 3.30. The van der Waals surface area contributed by atoms with E-state index in [-0.39, 0.29) is 63.6 Å². The van der Waals surface area contributed by atoms with Gasteiger partial charge in [0.1, 0.15) is 44.3 Å². The summed E-state index contributed by atoms with van der Waals surface area (Å²) in [4.78, 5) is 92.5. The van der Waals surface area contributed by atoms with Crippen LogP contribution in [0.5, 0.6) is 0 Å². The molecule has 0 aliphatic rings. The number of thioether (sulfide) groups is 1. The van der Waals surface area contributed by atoms with E-state index in [9.17, 15) is 33.6 Å². The van der Waals surface area contributed by atoms with Crippen molar-refractivity contribution in [1.82, 2.24) is 10.6 Å². The van der Waals surface area contributed by atoms with Crippen molar-refractivity contribution in [1.29, 1.82) is 0 Å². The summed E-state index contributed by atoms with van der Waals surface area (Å²) in [5, 5.41) is 5.20. The van der Waals surface area contributed by atoms with Crippen LogP contribution in [0.2, 0.25) is 0 Å². The normalized spacial score (nSPS) is 13.2. The molecule has 14 nitrogen and oxygen atoms in total. The number of ketones is 1. The van der Waals surface area contributed by atoms with E-state index in [4.69, 9.17) is 24.7 Å². The first kappa shape index (κ1) is 49.3. The zero-order valence-corrected chi connectivity index (χ0v) is 36.3. The second kappa shape index (κ2) is 26.9. The number of ether oxygens (including phenoxy) is 4. The number of nitrogens with two attached hydrogens (primary N) is 1. The summed E-state index contributed by atoms with van der Waals surface area (Å²) in [7, 11) is 0. The number of carbonyl (C=O) groups excluding carboxylic acids is 7.